The van der Waals surface area contributed by atoms with Crippen molar-refractivity contribution in [3.05, 3.63) is 0 Å². The summed E-state index contributed by atoms with van der Waals surface area (Å²) in [5, 5.41) is 12.7. The molecule has 0 unspecified atom stereocenters. The number of ether oxygens (including phenoxy) is 2. The van der Waals surface area contributed by atoms with E-state index in [1.807, 2.05) is 6.92 Å². The summed E-state index contributed by atoms with van der Waals surface area (Å²) in [7, 11) is 1.28. The van der Waals surface area contributed by atoms with Gasteiger partial charge in [0.1, 0.15) is 11.6 Å². The molecule has 0 saturated heterocycles. The van der Waals surface area contributed by atoms with Crippen LogP contribution in [0.5, 0.6) is 0 Å². The largest absolute Gasteiger partial charge is 0.467 e. The smallest absolute Gasteiger partial charge is 0.408 e. The molecule has 0 aliphatic rings. The molecule has 0 aromatic carbocycles. The zero-order valence-electron chi connectivity index (χ0n) is 14.7. The second-order valence-electron chi connectivity index (χ2n) is 6.86. The maximum atomic E-state index is 11.8. The minimum absolute atomic E-state index is 0.395. The Morgan fingerprint density at radius 3 is 2.23 bits per heavy atom. The maximum Gasteiger partial charge on any atom is 0.408 e. The van der Waals surface area contributed by atoms with Crippen LogP contribution in [0.25, 0.3) is 0 Å². The lowest BCUT2D eigenvalue weighted by atomic mass is 9.93. The molecular formula is C16H31NO5. The fourth-order valence-electron chi connectivity index (χ4n) is 2.19. The van der Waals surface area contributed by atoms with Gasteiger partial charge in [0.25, 0.3) is 0 Å². The lowest BCUT2D eigenvalue weighted by molar-refractivity contribution is -0.143. The van der Waals surface area contributed by atoms with Gasteiger partial charge in [0, 0.05) is 0 Å². The Labute approximate surface area is 133 Å². The first-order valence-electron chi connectivity index (χ1n) is 7.80. The maximum absolute atomic E-state index is 11.8. The van der Waals surface area contributed by atoms with Crippen molar-refractivity contribution in [2.45, 2.75) is 84.0 Å². The number of alkyl carbamates (subject to hydrolysis) is 1. The Morgan fingerprint density at radius 2 is 1.77 bits per heavy atom. The zero-order chi connectivity index (χ0) is 17.4. The van der Waals surface area contributed by atoms with E-state index >= 15 is 0 Å². The Kier molecular flexibility index (Phi) is 8.45. The number of nitrogens with one attached hydrogen (secondary N) is 1. The van der Waals surface area contributed by atoms with Crippen LogP contribution in [0.3, 0.4) is 0 Å². The number of methoxy groups -OCH3 is 1. The molecule has 6 heteroatoms. The van der Waals surface area contributed by atoms with Gasteiger partial charge in [0.2, 0.25) is 0 Å². The first-order chi connectivity index (χ1) is 10.0. The van der Waals surface area contributed by atoms with Gasteiger partial charge in [-0.15, -0.1) is 0 Å². The van der Waals surface area contributed by atoms with E-state index in [0.29, 0.717) is 25.7 Å². The highest BCUT2D eigenvalue weighted by Gasteiger charge is 2.26. The molecule has 2 atom stereocenters. The molecule has 0 saturated carbocycles. The highest BCUT2D eigenvalue weighted by atomic mass is 16.6. The first kappa shape index (κ1) is 20.7. The number of carbonyl (C=O) groups is 2. The Hall–Kier alpha value is -1.30. The molecule has 0 aromatic heterocycles. The Bertz CT molecular complexity index is 360. The van der Waals surface area contributed by atoms with E-state index in [1.54, 1.807) is 27.7 Å². The van der Waals surface area contributed by atoms with Crippen LogP contribution < -0.4 is 5.32 Å². The minimum atomic E-state index is -0.766. The summed E-state index contributed by atoms with van der Waals surface area (Å²) in [5.74, 6) is -0.513. The average Bonchev–Trinajstić information content (AvgIpc) is 2.34. The van der Waals surface area contributed by atoms with Crippen molar-refractivity contribution in [1.29, 1.82) is 0 Å². The number of hydrogen-bond acceptors (Lipinski definition) is 5. The lowest BCUT2D eigenvalue weighted by Crippen LogP contribution is -2.44. The third kappa shape index (κ3) is 9.60. The van der Waals surface area contributed by atoms with Crippen molar-refractivity contribution in [3.63, 3.8) is 0 Å². The normalized spacial score (nSPS) is 15.6. The summed E-state index contributed by atoms with van der Waals surface area (Å²) >= 11 is 0. The molecule has 0 aromatic rings. The number of rotatable bonds is 8. The summed E-state index contributed by atoms with van der Waals surface area (Å²) in [5.41, 5.74) is -1.38. The van der Waals surface area contributed by atoms with Crippen LogP contribution in [-0.4, -0.2) is 41.5 Å². The van der Waals surface area contributed by atoms with Gasteiger partial charge in [0.05, 0.1) is 12.7 Å². The third-order valence-corrected chi connectivity index (χ3v) is 3.17. The highest BCUT2D eigenvalue weighted by molar-refractivity contribution is 5.81. The van der Waals surface area contributed by atoms with Crippen molar-refractivity contribution >= 4 is 12.1 Å². The molecule has 0 heterocycles. The molecule has 130 valence electrons. The van der Waals surface area contributed by atoms with Gasteiger partial charge in [0.15, 0.2) is 0 Å². The first-order valence-corrected chi connectivity index (χ1v) is 7.80. The van der Waals surface area contributed by atoms with E-state index < -0.39 is 29.3 Å². The molecule has 0 aliphatic heterocycles. The number of hydrogen-bond donors (Lipinski definition) is 2. The molecule has 0 fully saturated rings. The predicted octanol–water partition coefficient (Wildman–Crippen LogP) is 2.77. The molecular weight excluding hydrogens is 286 g/mol. The molecule has 1 amide bonds. The quantitative estimate of drug-likeness (QED) is 0.672. The van der Waals surface area contributed by atoms with E-state index in [0.717, 1.165) is 6.42 Å². The molecule has 22 heavy (non-hydrogen) atoms. The Morgan fingerprint density at radius 1 is 1.18 bits per heavy atom. The molecule has 0 aliphatic carbocycles. The molecule has 6 nitrogen and oxygen atoms in total. The van der Waals surface area contributed by atoms with Gasteiger partial charge in [-0.1, -0.05) is 13.3 Å². The fourth-order valence-corrected chi connectivity index (χ4v) is 2.19. The zero-order valence-corrected chi connectivity index (χ0v) is 14.7. The number of aliphatic hydroxyl groups is 1. The monoisotopic (exact) mass is 317 g/mol. The molecule has 0 spiro atoms. The van der Waals surface area contributed by atoms with Crippen molar-refractivity contribution in [1.82, 2.24) is 5.32 Å². The van der Waals surface area contributed by atoms with E-state index in [1.165, 1.54) is 7.11 Å². The minimum Gasteiger partial charge on any atom is -0.467 e. The third-order valence-electron chi connectivity index (χ3n) is 3.17. The van der Waals surface area contributed by atoms with E-state index in [4.69, 9.17) is 9.47 Å². The van der Waals surface area contributed by atoms with Crippen LogP contribution >= 0.6 is 0 Å². The van der Waals surface area contributed by atoms with Gasteiger partial charge in [-0.25, -0.2) is 9.59 Å². The second-order valence-corrected chi connectivity index (χ2v) is 6.86. The van der Waals surface area contributed by atoms with Gasteiger partial charge in [-0.2, -0.15) is 0 Å². The molecule has 0 bridgehead atoms. The van der Waals surface area contributed by atoms with Crippen molar-refractivity contribution in [2.75, 3.05) is 7.11 Å². The fraction of sp³-hybridized carbons (Fsp3) is 0.875. The summed E-state index contributed by atoms with van der Waals surface area (Å²) in [4.78, 5) is 23.5. The van der Waals surface area contributed by atoms with E-state index in [-0.39, 0.29) is 0 Å². The van der Waals surface area contributed by atoms with Crippen LogP contribution in [0.15, 0.2) is 0 Å². The SMILES string of the molecule is CCC[C@](C)(O)CCC[C@H](NC(=O)OC(C)(C)C)C(=O)OC. The molecule has 0 radical (unpaired) electrons. The number of amides is 1. The molecule has 2 N–H and O–H groups in total. The molecule has 0 rings (SSSR count). The second kappa shape index (κ2) is 8.98. The highest BCUT2D eigenvalue weighted by Crippen LogP contribution is 2.20. The number of esters is 1. The van der Waals surface area contributed by atoms with Crippen LogP contribution in [0.1, 0.15) is 66.7 Å². The van der Waals surface area contributed by atoms with E-state index in [2.05, 4.69) is 5.32 Å². The Balaban J connectivity index is 4.48. The van der Waals surface area contributed by atoms with Crippen molar-refractivity contribution < 1.29 is 24.2 Å². The van der Waals surface area contributed by atoms with Gasteiger partial charge in [-0.05, 0) is 53.4 Å². The summed E-state index contributed by atoms with van der Waals surface area (Å²) in [6, 6.07) is -0.766. The van der Waals surface area contributed by atoms with Gasteiger partial charge >= 0.3 is 12.1 Å². The standard InChI is InChI=1S/C16H31NO5/c1-7-10-16(5,20)11-8-9-12(13(18)21-6)17-14(19)22-15(2,3)4/h12,20H,7-11H2,1-6H3,(H,17,19)/t12-,16-/m0/s1. The van der Waals surface area contributed by atoms with Crippen LogP contribution in [-0.2, 0) is 14.3 Å². The van der Waals surface area contributed by atoms with Crippen LogP contribution in [0.2, 0.25) is 0 Å². The predicted molar refractivity (Wildman–Crippen MR) is 84.6 cm³/mol. The number of carbonyl (C=O) groups excluding carboxylic acids is 2. The average molecular weight is 317 g/mol. The summed E-state index contributed by atoms with van der Waals surface area (Å²) in [6.07, 6.45) is 2.50. The van der Waals surface area contributed by atoms with Crippen LogP contribution in [0, 0.1) is 0 Å². The van der Waals surface area contributed by atoms with E-state index in [9.17, 15) is 14.7 Å². The summed E-state index contributed by atoms with van der Waals surface area (Å²) < 4.78 is 9.84. The van der Waals surface area contributed by atoms with Gasteiger partial charge < -0.3 is 19.9 Å². The van der Waals surface area contributed by atoms with Crippen molar-refractivity contribution in [2.24, 2.45) is 0 Å². The summed E-state index contributed by atoms with van der Waals surface area (Å²) in [6.45, 7) is 9.05. The van der Waals surface area contributed by atoms with Crippen molar-refractivity contribution in [3.8, 4) is 0 Å². The topological polar surface area (TPSA) is 84.9 Å². The van der Waals surface area contributed by atoms with Gasteiger partial charge in [-0.3, -0.25) is 0 Å². The lowest BCUT2D eigenvalue weighted by Gasteiger charge is -2.25. The van der Waals surface area contributed by atoms with Crippen LogP contribution in [0.4, 0.5) is 4.79 Å².